The van der Waals surface area contributed by atoms with Gasteiger partial charge in [-0.1, -0.05) is 42.0 Å². The summed E-state index contributed by atoms with van der Waals surface area (Å²) in [6.45, 7) is 2.09. The Bertz CT molecular complexity index is 1010. The van der Waals surface area contributed by atoms with Gasteiger partial charge in [-0.05, 0) is 30.2 Å². The molecule has 25 heavy (non-hydrogen) atoms. The standard InChI is InChI=1S/C20H15FN2S2/c1-13-2-4-14(5-3-13)10-24-19-18-17(11-25-20(18)23-12-22-19)15-6-8-16(21)9-7-15/h2-9,11-12H,10H2,1H3. The number of hydrogen-bond acceptors (Lipinski definition) is 4. The molecule has 2 heterocycles. The predicted octanol–water partition coefficient (Wildman–Crippen LogP) is 6.10. The molecule has 0 aliphatic heterocycles. The van der Waals surface area contributed by atoms with Gasteiger partial charge < -0.3 is 0 Å². The molecule has 4 rings (SSSR count). The van der Waals surface area contributed by atoms with Gasteiger partial charge in [0.05, 0.1) is 5.39 Å². The zero-order chi connectivity index (χ0) is 17.2. The third kappa shape index (κ3) is 3.43. The normalized spacial score (nSPS) is 11.1. The highest BCUT2D eigenvalue weighted by molar-refractivity contribution is 7.98. The first-order valence-corrected chi connectivity index (χ1v) is 9.74. The number of aryl methyl sites for hydroxylation is 1. The Morgan fingerprint density at radius 3 is 2.52 bits per heavy atom. The second-order valence-corrected chi connectivity index (χ2v) is 7.61. The van der Waals surface area contributed by atoms with Gasteiger partial charge in [0.15, 0.2) is 0 Å². The summed E-state index contributed by atoms with van der Waals surface area (Å²) in [6.07, 6.45) is 1.62. The van der Waals surface area contributed by atoms with Gasteiger partial charge in [-0.2, -0.15) is 0 Å². The predicted molar refractivity (Wildman–Crippen MR) is 104 cm³/mol. The summed E-state index contributed by atoms with van der Waals surface area (Å²) in [6, 6.07) is 15.1. The molecule has 2 aromatic heterocycles. The second kappa shape index (κ2) is 6.94. The molecule has 2 aromatic carbocycles. The molecule has 0 bridgehead atoms. The molecular formula is C20H15FN2S2. The molecule has 4 aromatic rings. The summed E-state index contributed by atoms with van der Waals surface area (Å²) >= 11 is 3.30. The maximum atomic E-state index is 13.2. The summed E-state index contributed by atoms with van der Waals surface area (Å²) in [5.41, 5.74) is 4.57. The third-order valence-corrected chi connectivity index (χ3v) is 5.93. The van der Waals surface area contributed by atoms with Crippen LogP contribution in [0.1, 0.15) is 11.1 Å². The molecule has 2 nitrogen and oxygen atoms in total. The average molecular weight is 366 g/mol. The van der Waals surface area contributed by atoms with Crippen LogP contribution in [-0.2, 0) is 5.75 Å². The molecule has 0 fully saturated rings. The number of halogens is 1. The maximum Gasteiger partial charge on any atom is 0.128 e. The zero-order valence-corrected chi connectivity index (χ0v) is 15.2. The Balaban J connectivity index is 1.70. The van der Waals surface area contributed by atoms with Crippen LogP contribution in [0.25, 0.3) is 21.3 Å². The SMILES string of the molecule is Cc1ccc(CSc2ncnc3scc(-c4ccc(F)cc4)c23)cc1. The molecule has 0 atom stereocenters. The van der Waals surface area contributed by atoms with Crippen LogP contribution in [0.5, 0.6) is 0 Å². The minimum absolute atomic E-state index is 0.228. The van der Waals surface area contributed by atoms with Crippen molar-refractivity contribution in [2.45, 2.75) is 17.7 Å². The Kier molecular flexibility index (Phi) is 4.51. The van der Waals surface area contributed by atoms with Crippen LogP contribution in [-0.4, -0.2) is 9.97 Å². The van der Waals surface area contributed by atoms with Gasteiger partial charge in [0.1, 0.15) is 22.0 Å². The summed E-state index contributed by atoms with van der Waals surface area (Å²) in [5, 5.41) is 4.09. The second-order valence-electron chi connectivity index (χ2n) is 5.79. The van der Waals surface area contributed by atoms with Crippen LogP contribution in [0.3, 0.4) is 0 Å². The first-order valence-electron chi connectivity index (χ1n) is 7.87. The summed E-state index contributed by atoms with van der Waals surface area (Å²) in [7, 11) is 0. The monoisotopic (exact) mass is 366 g/mol. The van der Waals surface area contributed by atoms with Crippen LogP contribution >= 0.6 is 23.1 Å². The van der Waals surface area contributed by atoms with E-state index in [-0.39, 0.29) is 5.82 Å². The highest BCUT2D eigenvalue weighted by atomic mass is 32.2. The van der Waals surface area contributed by atoms with Crippen LogP contribution in [0.15, 0.2) is 65.3 Å². The summed E-state index contributed by atoms with van der Waals surface area (Å²) < 4.78 is 13.2. The fourth-order valence-corrected chi connectivity index (χ4v) is 4.58. The number of benzene rings is 2. The molecule has 0 N–H and O–H groups in total. The van der Waals surface area contributed by atoms with E-state index in [9.17, 15) is 4.39 Å². The lowest BCUT2D eigenvalue weighted by molar-refractivity contribution is 0.628. The molecular weight excluding hydrogens is 351 g/mol. The number of nitrogens with zero attached hydrogens (tertiary/aromatic N) is 2. The van der Waals surface area contributed by atoms with Gasteiger partial charge in [-0.15, -0.1) is 23.1 Å². The smallest absolute Gasteiger partial charge is 0.128 e. The zero-order valence-electron chi connectivity index (χ0n) is 13.6. The van der Waals surface area contributed by atoms with Gasteiger partial charge in [0, 0.05) is 16.7 Å². The Hall–Kier alpha value is -2.24. The first kappa shape index (κ1) is 16.2. The lowest BCUT2D eigenvalue weighted by Gasteiger charge is -2.06. The number of thiophene rings is 1. The van der Waals surface area contributed by atoms with Crippen LogP contribution in [0.4, 0.5) is 4.39 Å². The van der Waals surface area contributed by atoms with E-state index in [1.54, 1.807) is 41.6 Å². The summed E-state index contributed by atoms with van der Waals surface area (Å²) in [5.74, 6) is 0.624. The van der Waals surface area contributed by atoms with Crippen LogP contribution < -0.4 is 0 Å². The van der Waals surface area contributed by atoms with Crippen molar-refractivity contribution in [3.05, 3.63) is 77.2 Å². The van der Waals surface area contributed by atoms with E-state index in [0.29, 0.717) is 0 Å². The van der Waals surface area contributed by atoms with Crippen molar-refractivity contribution in [1.29, 1.82) is 0 Å². The fraction of sp³-hybridized carbons (Fsp3) is 0.100. The minimum atomic E-state index is -0.228. The quantitative estimate of drug-likeness (QED) is 0.322. The Morgan fingerprint density at radius 1 is 1.00 bits per heavy atom. The van der Waals surface area contributed by atoms with Crippen molar-refractivity contribution in [2.75, 3.05) is 0 Å². The largest absolute Gasteiger partial charge is 0.229 e. The number of hydrogen-bond donors (Lipinski definition) is 0. The Labute approximate surface area is 153 Å². The molecule has 124 valence electrons. The van der Waals surface area contributed by atoms with Crippen molar-refractivity contribution in [1.82, 2.24) is 9.97 Å². The first-order chi connectivity index (χ1) is 12.2. The molecule has 0 amide bonds. The number of thioether (sulfide) groups is 1. The number of rotatable bonds is 4. The van der Waals surface area contributed by atoms with E-state index in [1.165, 1.54) is 23.3 Å². The van der Waals surface area contributed by atoms with Gasteiger partial charge in [-0.3, -0.25) is 0 Å². The van der Waals surface area contributed by atoms with Crippen molar-refractivity contribution < 1.29 is 4.39 Å². The van der Waals surface area contributed by atoms with E-state index in [1.807, 2.05) is 0 Å². The van der Waals surface area contributed by atoms with Crippen molar-refractivity contribution in [2.24, 2.45) is 0 Å². The van der Waals surface area contributed by atoms with Crippen molar-refractivity contribution in [3.63, 3.8) is 0 Å². The van der Waals surface area contributed by atoms with Crippen LogP contribution in [0.2, 0.25) is 0 Å². The van der Waals surface area contributed by atoms with Crippen molar-refractivity contribution in [3.8, 4) is 11.1 Å². The topological polar surface area (TPSA) is 25.8 Å². The van der Waals surface area contributed by atoms with E-state index in [4.69, 9.17) is 0 Å². The molecule has 0 aliphatic rings. The highest BCUT2D eigenvalue weighted by Gasteiger charge is 2.13. The van der Waals surface area contributed by atoms with E-state index >= 15 is 0 Å². The van der Waals surface area contributed by atoms with E-state index in [2.05, 4.69) is 46.5 Å². The minimum Gasteiger partial charge on any atom is -0.229 e. The van der Waals surface area contributed by atoms with Crippen LogP contribution in [0, 0.1) is 12.7 Å². The average Bonchev–Trinajstić information content (AvgIpc) is 3.07. The maximum absolute atomic E-state index is 13.2. The summed E-state index contributed by atoms with van der Waals surface area (Å²) in [4.78, 5) is 9.85. The van der Waals surface area contributed by atoms with E-state index < -0.39 is 0 Å². The van der Waals surface area contributed by atoms with Gasteiger partial charge in [0.25, 0.3) is 0 Å². The van der Waals surface area contributed by atoms with Crippen molar-refractivity contribution >= 4 is 33.3 Å². The van der Waals surface area contributed by atoms with Gasteiger partial charge in [-0.25, -0.2) is 14.4 Å². The molecule has 0 saturated heterocycles. The Morgan fingerprint density at radius 2 is 1.76 bits per heavy atom. The highest BCUT2D eigenvalue weighted by Crippen LogP contribution is 2.38. The molecule has 0 aliphatic carbocycles. The lowest BCUT2D eigenvalue weighted by Crippen LogP contribution is -1.88. The molecule has 0 radical (unpaired) electrons. The number of fused-ring (bicyclic) bond motifs is 1. The fourth-order valence-electron chi connectivity index (χ4n) is 2.64. The van der Waals surface area contributed by atoms with E-state index in [0.717, 1.165) is 32.1 Å². The molecule has 0 unspecified atom stereocenters. The van der Waals surface area contributed by atoms with Gasteiger partial charge in [0.2, 0.25) is 0 Å². The van der Waals surface area contributed by atoms with Gasteiger partial charge >= 0.3 is 0 Å². The molecule has 0 saturated carbocycles. The molecule has 0 spiro atoms. The number of aromatic nitrogens is 2. The third-order valence-electron chi connectivity index (χ3n) is 3.99. The lowest BCUT2D eigenvalue weighted by atomic mass is 10.1. The molecule has 5 heteroatoms.